The van der Waals surface area contributed by atoms with Crippen LogP contribution in [0.1, 0.15) is 10.4 Å². The van der Waals surface area contributed by atoms with Gasteiger partial charge in [-0.2, -0.15) is 0 Å². The van der Waals surface area contributed by atoms with Crippen LogP contribution in [0.15, 0.2) is 58.1 Å². The lowest BCUT2D eigenvalue weighted by Crippen LogP contribution is -2.24. The second-order valence-electron chi connectivity index (χ2n) is 4.52. The van der Waals surface area contributed by atoms with Crippen molar-refractivity contribution in [3.05, 3.63) is 74.9 Å². The number of aromatic nitrogens is 2. The standard InChI is InChI=1S/C15H11N3O3/c19-13-8-12(17-15(21)18-13)16-14(20)11-6-5-9-3-1-2-4-10(9)7-11/h1-8H,(H3,16,17,18,19,20,21). The lowest BCUT2D eigenvalue weighted by Gasteiger charge is -2.05. The number of carbonyl (C=O) groups is 1. The maximum Gasteiger partial charge on any atom is 0.327 e. The van der Waals surface area contributed by atoms with Crippen LogP contribution in [-0.2, 0) is 0 Å². The van der Waals surface area contributed by atoms with Gasteiger partial charge in [-0.05, 0) is 22.9 Å². The molecule has 1 amide bonds. The zero-order chi connectivity index (χ0) is 14.8. The van der Waals surface area contributed by atoms with E-state index in [0.717, 1.165) is 16.8 Å². The molecule has 6 heteroatoms. The van der Waals surface area contributed by atoms with E-state index in [1.807, 2.05) is 35.3 Å². The molecule has 3 aromatic rings. The molecule has 0 unspecified atom stereocenters. The van der Waals surface area contributed by atoms with Gasteiger partial charge < -0.3 is 5.32 Å². The SMILES string of the molecule is O=C(Nc1cc(=O)[nH]c(=O)[nH]1)c1ccc2ccccc2c1. The Morgan fingerprint density at radius 3 is 2.43 bits per heavy atom. The van der Waals surface area contributed by atoms with Gasteiger partial charge in [-0.1, -0.05) is 30.3 Å². The first kappa shape index (κ1) is 12.9. The monoisotopic (exact) mass is 281 g/mol. The molecule has 1 aromatic heterocycles. The van der Waals surface area contributed by atoms with E-state index in [9.17, 15) is 14.4 Å². The highest BCUT2D eigenvalue weighted by Gasteiger charge is 2.08. The molecule has 2 aromatic carbocycles. The third-order valence-electron chi connectivity index (χ3n) is 3.02. The lowest BCUT2D eigenvalue weighted by atomic mass is 10.1. The quantitative estimate of drug-likeness (QED) is 0.663. The Balaban J connectivity index is 1.93. The number of aromatic amines is 2. The third kappa shape index (κ3) is 2.74. The molecule has 0 fully saturated rings. The molecule has 104 valence electrons. The van der Waals surface area contributed by atoms with E-state index in [-0.39, 0.29) is 5.82 Å². The minimum absolute atomic E-state index is 0.0573. The summed E-state index contributed by atoms with van der Waals surface area (Å²) in [4.78, 5) is 38.8. The summed E-state index contributed by atoms with van der Waals surface area (Å²) in [5.74, 6) is -0.344. The van der Waals surface area contributed by atoms with Crippen LogP contribution in [0.2, 0.25) is 0 Å². The minimum Gasteiger partial charge on any atom is -0.308 e. The molecular formula is C15H11N3O3. The molecule has 0 radical (unpaired) electrons. The predicted octanol–water partition coefficient (Wildman–Crippen LogP) is 1.47. The summed E-state index contributed by atoms with van der Waals surface area (Å²) < 4.78 is 0. The molecule has 0 saturated heterocycles. The van der Waals surface area contributed by atoms with E-state index in [0.29, 0.717) is 5.56 Å². The average Bonchev–Trinajstić information content (AvgIpc) is 2.45. The fourth-order valence-corrected chi connectivity index (χ4v) is 2.06. The van der Waals surface area contributed by atoms with Crippen molar-refractivity contribution < 1.29 is 4.79 Å². The predicted molar refractivity (Wildman–Crippen MR) is 79.6 cm³/mol. The molecule has 0 aliphatic carbocycles. The van der Waals surface area contributed by atoms with Crippen molar-refractivity contribution in [2.45, 2.75) is 0 Å². The maximum atomic E-state index is 12.1. The highest BCUT2D eigenvalue weighted by molar-refractivity contribution is 6.05. The molecular weight excluding hydrogens is 270 g/mol. The smallest absolute Gasteiger partial charge is 0.308 e. The number of carbonyl (C=O) groups excluding carboxylic acids is 1. The van der Waals surface area contributed by atoms with Crippen molar-refractivity contribution in [3.63, 3.8) is 0 Å². The van der Waals surface area contributed by atoms with Crippen LogP contribution in [0, 0.1) is 0 Å². The Hall–Kier alpha value is -3.15. The zero-order valence-electron chi connectivity index (χ0n) is 10.8. The van der Waals surface area contributed by atoms with Crippen LogP contribution in [0.5, 0.6) is 0 Å². The molecule has 0 spiro atoms. The second kappa shape index (κ2) is 5.09. The Labute approximate surface area is 118 Å². The van der Waals surface area contributed by atoms with E-state index in [1.165, 1.54) is 0 Å². The number of rotatable bonds is 2. The number of hydrogen-bond acceptors (Lipinski definition) is 3. The summed E-state index contributed by atoms with van der Waals surface area (Å²) in [6.45, 7) is 0. The molecule has 6 nitrogen and oxygen atoms in total. The fraction of sp³-hybridized carbons (Fsp3) is 0. The van der Waals surface area contributed by atoms with Crippen LogP contribution >= 0.6 is 0 Å². The van der Waals surface area contributed by atoms with Crippen molar-refractivity contribution in [3.8, 4) is 0 Å². The molecule has 0 aliphatic rings. The van der Waals surface area contributed by atoms with Crippen molar-refractivity contribution in [2.75, 3.05) is 5.32 Å². The van der Waals surface area contributed by atoms with Crippen molar-refractivity contribution in [2.24, 2.45) is 0 Å². The first-order valence-corrected chi connectivity index (χ1v) is 6.26. The summed E-state index contributed by atoms with van der Waals surface area (Å²) in [7, 11) is 0. The minimum atomic E-state index is -0.670. The fourth-order valence-electron chi connectivity index (χ4n) is 2.06. The highest BCUT2D eigenvalue weighted by Crippen LogP contribution is 2.16. The zero-order valence-corrected chi connectivity index (χ0v) is 10.8. The molecule has 21 heavy (non-hydrogen) atoms. The number of benzene rings is 2. The topological polar surface area (TPSA) is 94.8 Å². The van der Waals surface area contributed by atoms with Crippen LogP contribution in [0.3, 0.4) is 0 Å². The van der Waals surface area contributed by atoms with Gasteiger partial charge in [0.05, 0.1) is 0 Å². The second-order valence-corrected chi connectivity index (χ2v) is 4.52. The van der Waals surface area contributed by atoms with E-state index in [2.05, 4.69) is 10.3 Å². The van der Waals surface area contributed by atoms with E-state index in [1.54, 1.807) is 12.1 Å². The van der Waals surface area contributed by atoms with Gasteiger partial charge in [0.15, 0.2) is 0 Å². The molecule has 3 N–H and O–H groups in total. The Kier molecular flexibility index (Phi) is 3.12. The van der Waals surface area contributed by atoms with Gasteiger partial charge in [0.2, 0.25) is 0 Å². The first-order chi connectivity index (χ1) is 10.1. The number of anilines is 1. The third-order valence-corrected chi connectivity index (χ3v) is 3.02. The van der Waals surface area contributed by atoms with Gasteiger partial charge in [0, 0.05) is 11.6 Å². The Morgan fingerprint density at radius 1 is 0.905 bits per heavy atom. The number of H-pyrrole nitrogens is 2. The summed E-state index contributed by atoms with van der Waals surface area (Å²) in [6.07, 6.45) is 0. The van der Waals surface area contributed by atoms with Gasteiger partial charge in [-0.3, -0.25) is 19.6 Å². The van der Waals surface area contributed by atoms with Crippen molar-refractivity contribution in [1.82, 2.24) is 9.97 Å². The Morgan fingerprint density at radius 2 is 1.67 bits per heavy atom. The van der Waals surface area contributed by atoms with Gasteiger partial charge in [-0.25, -0.2) is 4.79 Å². The number of nitrogens with one attached hydrogen (secondary N) is 3. The summed E-state index contributed by atoms with van der Waals surface area (Å²) >= 11 is 0. The van der Waals surface area contributed by atoms with Gasteiger partial charge in [-0.15, -0.1) is 0 Å². The van der Waals surface area contributed by atoms with Crippen molar-refractivity contribution >= 4 is 22.5 Å². The van der Waals surface area contributed by atoms with Crippen molar-refractivity contribution in [1.29, 1.82) is 0 Å². The summed E-state index contributed by atoms with van der Waals surface area (Å²) in [6, 6.07) is 14.0. The first-order valence-electron chi connectivity index (χ1n) is 6.26. The summed E-state index contributed by atoms with van der Waals surface area (Å²) in [5.41, 5.74) is -0.807. The lowest BCUT2D eigenvalue weighted by molar-refractivity contribution is 0.102. The average molecular weight is 281 g/mol. The molecule has 0 atom stereocenters. The van der Waals surface area contributed by atoms with Crippen LogP contribution < -0.4 is 16.6 Å². The van der Waals surface area contributed by atoms with Crippen LogP contribution in [0.25, 0.3) is 10.8 Å². The summed E-state index contributed by atoms with van der Waals surface area (Å²) in [5, 5.41) is 4.45. The van der Waals surface area contributed by atoms with Gasteiger partial charge in [0.1, 0.15) is 5.82 Å². The van der Waals surface area contributed by atoms with E-state index < -0.39 is 17.2 Å². The van der Waals surface area contributed by atoms with E-state index in [4.69, 9.17) is 0 Å². The number of amides is 1. The van der Waals surface area contributed by atoms with Gasteiger partial charge in [0.25, 0.3) is 11.5 Å². The van der Waals surface area contributed by atoms with Gasteiger partial charge >= 0.3 is 5.69 Å². The highest BCUT2D eigenvalue weighted by atomic mass is 16.2. The number of fused-ring (bicyclic) bond motifs is 1. The molecule has 1 heterocycles. The molecule has 3 rings (SSSR count). The number of hydrogen-bond donors (Lipinski definition) is 3. The molecule has 0 aliphatic heterocycles. The molecule has 0 saturated carbocycles. The molecule has 0 bridgehead atoms. The largest absolute Gasteiger partial charge is 0.327 e. The van der Waals surface area contributed by atoms with Crippen LogP contribution in [0.4, 0.5) is 5.82 Å². The van der Waals surface area contributed by atoms with E-state index >= 15 is 0 Å². The normalized spacial score (nSPS) is 10.5. The Bertz CT molecular complexity index is 912. The van der Waals surface area contributed by atoms with Crippen LogP contribution in [-0.4, -0.2) is 15.9 Å². The maximum absolute atomic E-state index is 12.1.